The summed E-state index contributed by atoms with van der Waals surface area (Å²) < 4.78 is 13.7. The zero-order valence-electron chi connectivity index (χ0n) is 11.8. The highest BCUT2D eigenvalue weighted by Crippen LogP contribution is 2.16. The number of nitrogens with one attached hydrogen (secondary N) is 1. The SMILES string of the molecule is CCN(CC(C)C#N)C(=O)Nc1ccc(C(=O)O)cc1F. The lowest BCUT2D eigenvalue weighted by Gasteiger charge is -2.22. The number of nitrogens with zero attached hydrogens (tertiary/aromatic N) is 2. The molecule has 0 aromatic heterocycles. The highest BCUT2D eigenvalue weighted by atomic mass is 19.1. The average molecular weight is 293 g/mol. The van der Waals surface area contributed by atoms with Gasteiger partial charge in [0.05, 0.1) is 23.2 Å². The van der Waals surface area contributed by atoms with Gasteiger partial charge < -0.3 is 15.3 Å². The smallest absolute Gasteiger partial charge is 0.335 e. The van der Waals surface area contributed by atoms with Crippen LogP contribution in [0.4, 0.5) is 14.9 Å². The fourth-order valence-electron chi connectivity index (χ4n) is 1.67. The lowest BCUT2D eigenvalue weighted by molar-refractivity contribution is 0.0696. The van der Waals surface area contributed by atoms with Crippen LogP contribution in [0.2, 0.25) is 0 Å². The fourth-order valence-corrected chi connectivity index (χ4v) is 1.67. The predicted molar refractivity (Wildman–Crippen MR) is 74.4 cm³/mol. The Hall–Kier alpha value is -2.62. The molecule has 1 aromatic carbocycles. The summed E-state index contributed by atoms with van der Waals surface area (Å²) in [5.74, 6) is -2.41. The maximum absolute atomic E-state index is 13.7. The molecule has 0 saturated carbocycles. The van der Waals surface area contributed by atoms with Crippen molar-refractivity contribution >= 4 is 17.7 Å². The van der Waals surface area contributed by atoms with Crippen LogP contribution in [0.3, 0.4) is 0 Å². The normalized spacial score (nSPS) is 11.3. The molecule has 1 atom stereocenters. The maximum Gasteiger partial charge on any atom is 0.335 e. The first-order valence-corrected chi connectivity index (χ1v) is 6.37. The van der Waals surface area contributed by atoms with Crippen molar-refractivity contribution in [1.82, 2.24) is 4.90 Å². The van der Waals surface area contributed by atoms with Gasteiger partial charge in [0, 0.05) is 13.1 Å². The second-order valence-corrected chi connectivity index (χ2v) is 4.50. The van der Waals surface area contributed by atoms with E-state index in [1.54, 1.807) is 13.8 Å². The van der Waals surface area contributed by atoms with E-state index in [-0.39, 0.29) is 23.7 Å². The van der Waals surface area contributed by atoms with E-state index in [0.717, 1.165) is 6.07 Å². The summed E-state index contributed by atoms with van der Waals surface area (Å²) in [7, 11) is 0. The van der Waals surface area contributed by atoms with Gasteiger partial charge in [-0.1, -0.05) is 0 Å². The number of urea groups is 1. The highest BCUT2D eigenvalue weighted by molar-refractivity contribution is 5.91. The molecule has 21 heavy (non-hydrogen) atoms. The summed E-state index contributed by atoms with van der Waals surface area (Å²) in [6.45, 7) is 4.02. The van der Waals surface area contributed by atoms with E-state index in [4.69, 9.17) is 10.4 Å². The third-order valence-corrected chi connectivity index (χ3v) is 2.84. The fraction of sp³-hybridized carbons (Fsp3) is 0.357. The van der Waals surface area contributed by atoms with Gasteiger partial charge in [0.15, 0.2) is 0 Å². The zero-order chi connectivity index (χ0) is 16.0. The summed E-state index contributed by atoms with van der Waals surface area (Å²) in [6, 6.07) is 4.71. The summed E-state index contributed by atoms with van der Waals surface area (Å²) >= 11 is 0. The van der Waals surface area contributed by atoms with Gasteiger partial charge in [-0.2, -0.15) is 5.26 Å². The number of hydrogen-bond acceptors (Lipinski definition) is 3. The monoisotopic (exact) mass is 293 g/mol. The molecule has 1 aromatic rings. The number of hydrogen-bond donors (Lipinski definition) is 2. The van der Waals surface area contributed by atoms with Crippen molar-refractivity contribution in [1.29, 1.82) is 5.26 Å². The van der Waals surface area contributed by atoms with Crippen LogP contribution >= 0.6 is 0 Å². The van der Waals surface area contributed by atoms with Crippen LogP contribution in [-0.4, -0.2) is 35.1 Å². The van der Waals surface area contributed by atoms with Crippen LogP contribution in [0.1, 0.15) is 24.2 Å². The molecule has 0 fully saturated rings. The first-order chi connectivity index (χ1) is 9.88. The number of carbonyl (C=O) groups excluding carboxylic acids is 1. The van der Waals surface area contributed by atoms with Crippen molar-refractivity contribution in [2.75, 3.05) is 18.4 Å². The van der Waals surface area contributed by atoms with Crippen molar-refractivity contribution < 1.29 is 19.1 Å². The minimum absolute atomic E-state index is 0.104. The lowest BCUT2D eigenvalue weighted by atomic mass is 10.2. The van der Waals surface area contributed by atoms with Gasteiger partial charge in [0.2, 0.25) is 0 Å². The molecule has 0 bridgehead atoms. The second kappa shape index (κ2) is 7.24. The molecule has 0 aliphatic rings. The first-order valence-electron chi connectivity index (χ1n) is 6.37. The van der Waals surface area contributed by atoms with Crippen molar-refractivity contribution in [2.45, 2.75) is 13.8 Å². The van der Waals surface area contributed by atoms with E-state index in [9.17, 15) is 14.0 Å². The molecule has 0 radical (unpaired) electrons. The molecule has 0 heterocycles. The maximum atomic E-state index is 13.7. The molecule has 7 heteroatoms. The average Bonchev–Trinajstić information content (AvgIpc) is 2.46. The number of amides is 2. The van der Waals surface area contributed by atoms with Crippen LogP contribution < -0.4 is 5.32 Å². The van der Waals surface area contributed by atoms with E-state index in [2.05, 4.69) is 5.32 Å². The molecule has 0 aliphatic heterocycles. The minimum atomic E-state index is -1.25. The van der Waals surface area contributed by atoms with Gasteiger partial charge in [0.25, 0.3) is 0 Å². The summed E-state index contributed by atoms with van der Waals surface area (Å²) in [6.07, 6.45) is 0. The van der Waals surface area contributed by atoms with E-state index >= 15 is 0 Å². The highest BCUT2D eigenvalue weighted by Gasteiger charge is 2.17. The van der Waals surface area contributed by atoms with E-state index in [0.29, 0.717) is 6.54 Å². The number of carboxylic acids is 1. The number of benzene rings is 1. The number of aromatic carboxylic acids is 1. The molecule has 0 spiro atoms. The van der Waals surface area contributed by atoms with E-state index in [1.165, 1.54) is 17.0 Å². The Labute approximate surface area is 121 Å². The third-order valence-electron chi connectivity index (χ3n) is 2.84. The quantitative estimate of drug-likeness (QED) is 0.872. The van der Waals surface area contributed by atoms with Crippen LogP contribution in [0.25, 0.3) is 0 Å². The van der Waals surface area contributed by atoms with Crippen molar-refractivity contribution in [3.8, 4) is 6.07 Å². The van der Waals surface area contributed by atoms with Crippen LogP contribution in [0.5, 0.6) is 0 Å². The van der Waals surface area contributed by atoms with Crippen LogP contribution in [-0.2, 0) is 0 Å². The van der Waals surface area contributed by atoms with Crippen LogP contribution in [0.15, 0.2) is 18.2 Å². The zero-order valence-corrected chi connectivity index (χ0v) is 11.8. The Morgan fingerprint density at radius 2 is 2.19 bits per heavy atom. The molecule has 2 N–H and O–H groups in total. The minimum Gasteiger partial charge on any atom is -0.478 e. The summed E-state index contributed by atoms with van der Waals surface area (Å²) in [4.78, 5) is 24.1. The molecule has 0 aliphatic carbocycles. The van der Waals surface area contributed by atoms with Crippen molar-refractivity contribution in [3.63, 3.8) is 0 Å². The van der Waals surface area contributed by atoms with Gasteiger partial charge in [-0.25, -0.2) is 14.0 Å². The third kappa shape index (κ3) is 4.45. The van der Waals surface area contributed by atoms with E-state index < -0.39 is 17.8 Å². The Morgan fingerprint density at radius 3 is 2.67 bits per heavy atom. The Morgan fingerprint density at radius 1 is 1.52 bits per heavy atom. The molecule has 6 nitrogen and oxygen atoms in total. The van der Waals surface area contributed by atoms with Crippen LogP contribution in [0, 0.1) is 23.1 Å². The number of carboxylic acid groups (broad SMARTS) is 1. The molecular formula is C14H16FN3O3. The molecule has 112 valence electrons. The van der Waals surface area contributed by atoms with Gasteiger partial charge in [0.1, 0.15) is 5.82 Å². The topological polar surface area (TPSA) is 93.4 Å². The molecule has 1 unspecified atom stereocenters. The number of carbonyl (C=O) groups is 2. The Kier molecular flexibility index (Phi) is 5.67. The molecule has 1 rings (SSSR count). The second-order valence-electron chi connectivity index (χ2n) is 4.50. The van der Waals surface area contributed by atoms with Gasteiger partial charge in [-0.3, -0.25) is 0 Å². The predicted octanol–water partition coefficient (Wildman–Crippen LogP) is 2.54. The van der Waals surface area contributed by atoms with Crippen molar-refractivity contribution in [3.05, 3.63) is 29.6 Å². The standard InChI is InChI=1S/C14H16FN3O3/c1-3-18(8-9(2)7-16)14(21)17-12-5-4-10(13(19)20)6-11(12)15/h4-6,9H,3,8H2,1-2H3,(H,17,21)(H,19,20). The van der Waals surface area contributed by atoms with Crippen molar-refractivity contribution in [2.24, 2.45) is 5.92 Å². The summed E-state index contributed by atoms with van der Waals surface area (Å²) in [5.41, 5.74) is -0.302. The molecule has 0 saturated heterocycles. The molecule has 2 amide bonds. The summed E-state index contributed by atoms with van der Waals surface area (Å²) in [5, 5.41) is 19.9. The van der Waals surface area contributed by atoms with Gasteiger partial charge >= 0.3 is 12.0 Å². The largest absolute Gasteiger partial charge is 0.478 e. The van der Waals surface area contributed by atoms with Gasteiger partial charge in [-0.05, 0) is 32.0 Å². The lowest BCUT2D eigenvalue weighted by Crippen LogP contribution is -2.37. The Balaban J connectivity index is 2.82. The number of nitriles is 1. The number of halogens is 1. The Bertz CT molecular complexity index is 583. The molecular weight excluding hydrogens is 277 g/mol. The first kappa shape index (κ1) is 16.4. The van der Waals surface area contributed by atoms with Gasteiger partial charge in [-0.15, -0.1) is 0 Å². The number of rotatable bonds is 5. The van der Waals surface area contributed by atoms with E-state index in [1.807, 2.05) is 6.07 Å². The number of anilines is 1.